The average molecular weight is 273 g/mol. The molecule has 5 N–H and O–H groups in total. The zero-order valence-electron chi connectivity index (χ0n) is 11.1. The Morgan fingerprint density at radius 2 is 1.95 bits per heavy atom. The molecule has 0 bridgehead atoms. The molecule has 1 amide bonds. The van der Waals surface area contributed by atoms with Gasteiger partial charge in [0, 0.05) is 11.1 Å². The Hall–Kier alpha value is -2.56. The van der Waals surface area contributed by atoms with Crippen LogP contribution in [-0.2, 0) is 0 Å². The first-order valence-corrected chi connectivity index (χ1v) is 6.19. The second kappa shape index (κ2) is 5.61. The van der Waals surface area contributed by atoms with Gasteiger partial charge in [0.15, 0.2) is 0 Å². The third-order valence-corrected chi connectivity index (χ3v) is 3.08. The summed E-state index contributed by atoms with van der Waals surface area (Å²) in [6.07, 6.45) is 0. The molecule has 0 aliphatic heterocycles. The molecule has 0 aromatic heterocycles. The van der Waals surface area contributed by atoms with Crippen molar-refractivity contribution in [3.8, 4) is 0 Å². The van der Waals surface area contributed by atoms with Crippen LogP contribution >= 0.6 is 0 Å². The Bertz CT molecular complexity index is 643. The van der Waals surface area contributed by atoms with E-state index in [1.165, 1.54) is 12.1 Å². The van der Waals surface area contributed by atoms with Crippen molar-refractivity contribution >= 4 is 17.3 Å². The van der Waals surface area contributed by atoms with E-state index in [0.29, 0.717) is 22.5 Å². The molecule has 0 radical (unpaired) electrons. The number of carbonyl (C=O) groups is 1. The number of amides is 1. The fourth-order valence-corrected chi connectivity index (χ4v) is 1.98. The first-order chi connectivity index (χ1) is 9.49. The summed E-state index contributed by atoms with van der Waals surface area (Å²) in [6, 6.07) is 11.0. The van der Waals surface area contributed by atoms with Crippen molar-refractivity contribution in [2.45, 2.75) is 13.0 Å². The van der Waals surface area contributed by atoms with Gasteiger partial charge in [-0.15, -0.1) is 0 Å². The Kier molecular flexibility index (Phi) is 3.89. The van der Waals surface area contributed by atoms with E-state index in [0.717, 1.165) is 0 Å². The van der Waals surface area contributed by atoms with Crippen molar-refractivity contribution in [1.82, 2.24) is 0 Å². The molecule has 1 atom stereocenters. The molecule has 5 heteroatoms. The lowest BCUT2D eigenvalue weighted by molar-refractivity contribution is 0.100. The van der Waals surface area contributed by atoms with Crippen molar-refractivity contribution in [2.24, 2.45) is 5.73 Å². The van der Waals surface area contributed by atoms with Crippen molar-refractivity contribution in [1.29, 1.82) is 0 Å². The number of benzene rings is 2. The number of halogens is 1. The maximum absolute atomic E-state index is 13.7. The number of anilines is 2. The number of rotatable bonds is 4. The predicted octanol–water partition coefficient (Wildman–Crippen LogP) is 2.68. The molecule has 0 fully saturated rings. The highest BCUT2D eigenvalue weighted by Crippen LogP contribution is 2.26. The quantitative estimate of drug-likeness (QED) is 0.749. The molecule has 0 aliphatic rings. The van der Waals surface area contributed by atoms with Crippen LogP contribution in [0, 0.1) is 5.82 Å². The van der Waals surface area contributed by atoms with Gasteiger partial charge >= 0.3 is 0 Å². The minimum atomic E-state index is -0.537. The lowest BCUT2D eigenvalue weighted by Gasteiger charge is -2.18. The van der Waals surface area contributed by atoms with Gasteiger partial charge in [-0.2, -0.15) is 0 Å². The smallest absolute Gasteiger partial charge is 0.248 e. The van der Waals surface area contributed by atoms with Crippen LogP contribution < -0.4 is 16.8 Å². The van der Waals surface area contributed by atoms with Gasteiger partial charge in [-0.1, -0.05) is 18.2 Å². The number of nitrogen functional groups attached to an aromatic ring is 1. The summed E-state index contributed by atoms with van der Waals surface area (Å²) in [5.74, 6) is -0.815. The molecule has 4 nitrogen and oxygen atoms in total. The van der Waals surface area contributed by atoms with Crippen molar-refractivity contribution < 1.29 is 9.18 Å². The van der Waals surface area contributed by atoms with Gasteiger partial charge in [-0.05, 0) is 31.2 Å². The minimum absolute atomic E-state index is 0.252. The van der Waals surface area contributed by atoms with Crippen LogP contribution in [0.25, 0.3) is 0 Å². The molecule has 0 saturated heterocycles. The lowest BCUT2D eigenvalue weighted by atomic mass is 10.1. The van der Waals surface area contributed by atoms with E-state index in [-0.39, 0.29) is 11.9 Å². The van der Waals surface area contributed by atoms with Crippen LogP contribution in [0.4, 0.5) is 15.8 Å². The second-order valence-electron chi connectivity index (χ2n) is 4.55. The molecule has 1 unspecified atom stereocenters. The predicted molar refractivity (Wildman–Crippen MR) is 77.8 cm³/mol. The molecular formula is C15H16FN3O. The van der Waals surface area contributed by atoms with E-state index in [9.17, 15) is 9.18 Å². The van der Waals surface area contributed by atoms with Gasteiger partial charge in [0.1, 0.15) is 5.82 Å². The number of hydrogen-bond donors (Lipinski definition) is 3. The number of nitrogens with two attached hydrogens (primary N) is 2. The standard InChI is InChI=1S/C15H16FN3O/c1-9(11-4-2-3-5-12(11)16)19-14-7-6-10(15(18)20)8-13(14)17/h2-9,19H,17H2,1H3,(H2,18,20). The first kappa shape index (κ1) is 13.9. The highest BCUT2D eigenvalue weighted by molar-refractivity contribution is 5.94. The van der Waals surface area contributed by atoms with Gasteiger partial charge in [0.2, 0.25) is 5.91 Å². The van der Waals surface area contributed by atoms with E-state index in [1.807, 2.05) is 6.92 Å². The van der Waals surface area contributed by atoms with Gasteiger partial charge in [0.25, 0.3) is 0 Å². The molecule has 0 aliphatic carbocycles. The Labute approximate surface area is 116 Å². The first-order valence-electron chi connectivity index (χ1n) is 6.19. The van der Waals surface area contributed by atoms with Crippen molar-refractivity contribution in [3.63, 3.8) is 0 Å². The molecule has 0 saturated carbocycles. The maximum atomic E-state index is 13.7. The monoisotopic (exact) mass is 273 g/mol. The summed E-state index contributed by atoms with van der Waals surface area (Å²) in [4.78, 5) is 11.0. The molecule has 20 heavy (non-hydrogen) atoms. The van der Waals surface area contributed by atoms with E-state index >= 15 is 0 Å². The topological polar surface area (TPSA) is 81.1 Å². The van der Waals surface area contributed by atoms with Gasteiger partial charge in [-0.25, -0.2) is 4.39 Å². The van der Waals surface area contributed by atoms with E-state index in [1.54, 1.807) is 30.3 Å². The zero-order valence-corrected chi connectivity index (χ0v) is 11.1. The van der Waals surface area contributed by atoms with Crippen LogP contribution in [0.1, 0.15) is 28.9 Å². The number of carbonyl (C=O) groups excluding carboxylic acids is 1. The summed E-state index contributed by atoms with van der Waals surface area (Å²) in [5, 5.41) is 3.12. The minimum Gasteiger partial charge on any atom is -0.397 e. The van der Waals surface area contributed by atoms with Gasteiger partial charge in [0.05, 0.1) is 17.4 Å². The fraction of sp³-hybridized carbons (Fsp3) is 0.133. The van der Waals surface area contributed by atoms with E-state index < -0.39 is 5.91 Å². The third kappa shape index (κ3) is 2.88. The Balaban J connectivity index is 2.22. The highest BCUT2D eigenvalue weighted by atomic mass is 19.1. The van der Waals surface area contributed by atoms with Crippen LogP contribution in [0.3, 0.4) is 0 Å². The van der Waals surface area contributed by atoms with E-state index in [2.05, 4.69) is 5.32 Å². The summed E-state index contributed by atoms with van der Waals surface area (Å²) in [5.41, 5.74) is 12.9. The molecule has 2 aromatic rings. The average Bonchev–Trinajstić information content (AvgIpc) is 2.41. The molecular weight excluding hydrogens is 257 g/mol. The lowest BCUT2D eigenvalue weighted by Crippen LogP contribution is -2.13. The third-order valence-electron chi connectivity index (χ3n) is 3.08. The zero-order chi connectivity index (χ0) is 14.7. The van der Waals surface area contributed by atoms with Crippen molar-refractivity contribution in [2.75, 3.05) is 11.1 Å². The van der Waals surface area contributed by atoms with E-state index in [4.69, 9.17) is 11.5 Å². The Morgan fingerprint density at radius 3 is 2.55 bits per heavy atom. The second-order valence-corrected chi connectivity index (χ2v) is 4.55. The molecule has 0 heterocycles. The van der Waals surface area contributed by atoms with Crippen LogP contribution in [-0.4, -0.2) is 5.91 Å². The highest BCUT2D eigenvalue weighted by Gasteiger charge is 2.12. The van der Waals surface area contributed by atoms with Crippen LogP contribution in [0.15, 0.2) is 42.5 Å². The van der Waals surface area contributed by atoms with Crippen LogP contribution in [0.2, 0.25) is 0 Å². The molecule has 2 aromatic carbocycles. The molecule has 2 rings (SSSR count). The summed E-state index contributed by atoms with van der Waals surface area (Å²) in [6.45, 7) is 1.83. The number of primary amides is 1. The summed E-state index contributed by atoms with van der Waals surface area (Å²) in [7, 11) is 0. The number of nitrogens with one attached hydrogen (secondary N) is 1. The number of hydrogen-bond acceptors (Lipinski definition) is 3. The fourth-order valence-electron chi connectivity index (χ4n) is 1.98. The Morgan fingerprint density at radius 1 is 1.25 bits per heavy atom. The normalized spacial score (nSPS) is 11.9. The summed E-state index contributed by atoms with van der Waals surface area (Å²) < 4.78 is 13.7. The summed E-state index contributed by atoms with van der Waals surface area (Å²) >= 11 is 0. The van der Waals surface area contributed by atoms with Gasteiger partial charge in [-0.3, -0.25) is 4.79 Å². The maximum Gasteiger partial charge on any atom is 0.248 e. The SMILES string of the molecule is CC(Nc1ccc(C(N)=O)cc1N)c1ccccc1F. The molecule has 104 valence electrons. The molecule has 0 spiro atoms. The van der Waals surface area contributed by atoms with Gasteiger partial charge < -0.3 is 16.8 Å². The van der Waals surface area contributed by atoms with Crippen molar-refractivity contribution in [3.05, 3.63) is 59.4 Å². The van der Waals surface area contributed by atoms with Crippen LogP contribution in [0.5, 0.6) is 0 Å². The largest absolute Gasteiger partial charge is 0.397 e.